The topological polar surface area (TPSA) is 63.2 Å². The number of rotatable bonds is 4. The lowest BCUT2D eigenvalue weighted by molar-refractivity contribution is 0.102. The molecule has 6 heteroatoms. The number of nitrogens with one attached hydrogen (secondary N) is 2. The molecule has 1 aromatic heterocycles. The fraction of sp³-hybridized carbons (Fsp3) is 0.200. The fourth-order valence-corrected chi connectivity index (χ4v) is 1.97. The maximum atomic E-state index is 12.3. The molecule has 2 aromatic rings. The molecule has 21 heavy (non-hydrogen) atoms. The second kappa shape index (κ2) is 6.45. The molecule has 0 radical (unpaired) electrons. The summed E-state index contributed by atoms with van der Waals surface area (Å²) in [5, 5.41) is 6.26. The normalized spacial score (nSPS) is 10.1. The maximum absolute atomic E-state index is 12.3. The molecule has 1 heterocycles. The number of carbonyl (C=O) groups excluding carboxylic acids is 1. The third kappa shape index (κ3) is 3.44. The second-order valence-electron chi connectivity index (χ2n) is 4.41. The predicted molar refractivity (Wildman–Crippen MR) is 84.5 cm³/mol. The molecule has 0 aliphatic rings. The molecule has 110 valence electrons. The first kappa shape index (κ1) is 15.1. The average molecular weight is 306 g/mol. The molecule has 0 fully saturated rings. The van der Waals surface area contributed by atoms with Gasteiger partial charge in [-0.2, -0.15) is 0 Å². The number of pyridine rings is 1. The number of carbonyl (C=O) groups is 1. The van der Waals surface area contributed by atoms with Gasteiger partial charge in [-0.1, -0.05) is 17.7 Å². The zero-order valence-electron chi connectivity index (χ0n) is 12.0. The van der Waals surface area contributed by atoms with Crippen molar-refractivity contribution in [3.8, 4) is 5.75 Å². The van der Waals surface area contributed by atoms with E-state index in [-0.39, 0.29) is 5.91 Å². The molecule has 0 spiro atoms. The molecule has 0 saturated heterocycles. The van der Waals surface area contributed by atoms with Gasteiger partial charge in [-0.25, -0.2) is 4.98 Å². The van der Waals surface area contributed by atoms with Crippen molar-refractivity contribution in [2.24, 2.45) is 0 Å². The molecule has 0 bridgehead atoms. The number of nitrogens with zero attached hydrogens (tertiary/aromatic N) is 1. The number of hydrogen-bond donors (Lipinski definition) is 2. The number of hydrogen-bond acceptors (Lipinski definition) is 4. The van der Waals surface area contributed by atoms with Gasteiger partial charge in [0.25, 0.3) is 5.91 Å². The first-order valence-electron chi connectivity index (χ1n) is 6.35. The quantitative estimate of drug-likeness (QED) is 0.909. The maximum Gasteiger partial charge on any atom is 0.274 e. The summed E-state index contributed by atoms with van der Waals surface area (Å²) in [4.78, 5) is 16.4. The van der Waals surface area contributed by atoms with Crippen LogP contribution in [-0.2, 0) is 0 Å². The summed E-state index contributed by atoms with van der Waals surface area (Å²) < 4.78 is 5.23. The van der Waals surface area contributed by atoms with Crippen molar-refractivity contribution in [3.63, 3.8) is 0 Å². The van der Waals surface area contributed by atoms with Gasteiger partial charge in [-0.05, 0) is 30.7 Å². The van der Waals surface area contributed by atoms with E-state index in [0.717, 1.165) is 5.56 Å². The van der Waals surface area contributed by atoms with Gasteiger partial charge in [0.15, 0.2) is 0 Å². The van der Waals surface area contributed by atoms with Crippen LogP contribution in [-0.4, -0.2) is 25.0 Å². The Morgan fingerprint density at radius 2 is 2.10 bits per heavy atom. The number of aromatic nitrogens is 1. The van der Waals surface area contributed by atoms with Crippen molar-refractivity contribution in [3.05, 3.63) is 46.6 Å². The number of halogens is 1. The molecule has 1 aromatic carbocycles. The minimum atomic E-state index is -0.313. The molecule has 1 amide bonds. The van der Waals surface area contributed by atoms with Crippen molar-refractivity contribution < 1.29 is 9.53 Å². The molecule has 0 atom stereocenters. The Balaban J connectivity index is 2.28. The minimum Gasteiger partial charge on any atom is -0.495 e. The Labute approximate surface area is 128 Å². The molecule has 2 rings (SSSR count). The van der Waals surface area contributed by atoms with Gasteiger partial charge in [-0.3, -0.25) is 4.79 Å². The van der Waals surface area contributed by atoms with Crippen molar-refractivity contribution >= 4 is 29.0 Å². The van der Waals surface area contributed by atoms with Gasteiger partial charge >= 0.3 is 0 Å². The Kier molecular flexibility index (Phi) is 4.65. The van der Waals surface area contributed by atoms with Gasteiger partial charge in [0.2, 0.25) is 0 Å². The highest BCUT2D eigenvalue weighted by molar-refractivity contribution is 6.31. The molecule has 0 aliphatic carbocycles. The van der Waals surface area contributed by atoms with Crippen LogP contribution >= 0.6 is 11.6 Å². The van der Waals surface area contributed by atoms with Crippen LogP contribution in [0.15, 0.2) is 30.3 Å². The number of benzene rings is 1. The Hall–Kier alpha value is -2.27. The minimum absolute atomic E-state index is 0.313. The van der Waals surface area contributed by atoms with Crippen LogP contribution in [0.3, 0.4) is 0 Å². The predicted octanol–water partition coefficient (Wildman–Crippen LogP) is 3.35. The third-order valence-electron chi connectivity index (χ3n) is 2.97. The van der Waals surface area contributed by atoms with E-state index >= 15 is 0 Å². The number of aryl methyl sites for hydroxylation is 1. The van der Waals surface area contributed by atoms with E-state index in [4.69, 9.17) is 16.3 Å². The first-order chi connectivity index (χ1) is 10.0. The van der Waals surface area contributed by atoms with Gasteiger partial charge in [-0.15, -0.1) is 0 Å². The molecular formula is C15H16ClN3O2. The number of amides is 1. The van der Waals surface area contributed by atoms with Crippen molar-refractivity contribution in [2.75, 3.05) is 24.8 Å². The lowest BCUT2D eigenvalue weighted by Gasteiger charge is -2.12. The molecule has 2 N–H and O–H groups in total. The van der Waals surface area contributed by atoms with Crippen LogP contribution in [0.25, 0.3) is 0 Å². The molecule has 0 saturated carbocycles. The zero-order chi connectivity index (χ0) is 15.4. The summed E-state index contributed by atoms with van der Waals surface area (Å²) in [6.07, 6.45) is 0. The molecule has 0 unspecified atom stereocenters. The summed E-state index contributed by atoms with van der Waals surface area (Å²) in [7, 11) is 3.27. The summed E-state index contributed by atoms with van der Waals surface area (Å²) >= 11 is 6.04. The fourth-order valence-electron chi connectivity index (χ4n) is 1.82. The van der Waals surface area contributed by atoms with Gasteiger partial charge < -0.3 is 15.4 Å². The highest BCUT2D eigenvalue weighted by Crippen LogP contribution is 2.31. The summed E-state index contributed by atoms with van der Waals surface area (Å²) in [5.74, 6) is 0.817. The average Bonchev–Trinajstić information content (AvgIpc) is 2.50. The number of methoxy groups -OCH3 is 1. The highest BCUT2D eigenvalue weighted by atomic mass is 35.5. The highest BCUT2D eigenvalue weighted by Gasteiger charge is 2.13. The van der Waals surface area contributed by atoms with Gasteiger partial charge in [0.05, 0.1) is 12.8 Å². The first-order valence-corrected chi connectivity index (χ1v) is 6.73. The Morgan fingerprint density at radius 3 is 2.76 bits per heavy atom. The van der Waals surface area contributed by atoms with Crippen molar-refractivity contribution in [1.29, 1.82) is 0 Å². The third-order valence-corrected chi connectivity index (χ3v) is 3.37. The van der Waals surface area contributed by atoms with E-state index in [9.17, 15) is 4.79 Å². The Bertz CT molecular complexity index is 674. The van der Waals surface area contributed by atoms with E-state index in [1.54, 1.807) is 37.4 Å². The lowest BCUT2D eigenvalue weighted by Crippen LogP contribution is -2.15. The van der Waals surface area contributed by atoms with E-state index in [1.807, 2.05) is 6.92 Å². The molecular weight excluding hydrogens is 290 g/mol. The van der Waals surface area contributed by atoms with E-state index < -0.39 is 0 Å². The van der Waals surface area contributed by atoms with Crippen LogP contribution in [0.4, 0.5) is 11.5 Å². The summed E-state index contributed by atoms with van der Waals surface area (Å²) in [5.41, 5.74) is 1.72. The van der Waals surface area contributed by atoms with Crippen LogP contribution in [0.5, 0.6) is 5.75 Å². The molecule has 5 nitrogen and oxygen atoms in total. The van der Waals surface area contributed by atoms with E-state index in [2.05, 4.69) is 15.6 Å². The zero-order valence-corrected chi connectivity index (χ0v) is 12.8. The van der Waals surface area contributed by atoms with Crippen LogP contribution in [0.1, 0.15) is 16.1 Å². The van der Waals surface area contributed by atoms with Crippen molar-refractivity contribution in [1.82, 2.24) is 4.98 Å². The SMILES string of the molecule is CNc1cccc(C(=O)Nc2cc(C)c(Cl)cc2OC)n1. The monoisotopic (exact) mass is 305 g/mol. The second-order valence-corrected chi connectivity index (χ2v) is 4.82. The van der Waals surface area contributed by atoms with Gasteiger partial charge in [0, 0.05) is 18.1 Å². The van der Waals surface area contributed by atoms with E-state index in [1.165, 1.54) is 7.11 Å². The van der Waals surface area contributed by atoms with Gasteiger partial charge in [0.1, 0.15) is 17.3 Å². The van der Waals surface area contributed by atoms with Crippen LogP contribution in [0.2, 0.25) is 5.02 Å². The van der Waals surface area contributed by atoms with Crippen LogP contribution < -0.4 is 15.4 Å². The van der Waals surface area contributed by atoms with Crippen molar-refractivity contribution in [2.45, 2.75) is 6.92 Å². The largest absolute Gasteiger partial charge is 0.495 e. The van der Waals surface area contributed by atoms with Crippen LogP contribution in [0, 0.1) is 6.92 Å². The summed E-state index contributed by atoms with van der Waals surface area (Å²) in [6, 6.07) is 8.62. The standard InChI is InChI=1S/C15H16ClN3O2/c1-9-7-12(13(21-3)8-10(9)16)19-15(20)11-5-4-6-14(17-2)18-11/h4-8H,1-3H3,(H,17,18)(H,19,20). The number of anilines is 2. The van der Waals surface area contributed by atoms with E-state index in [0.29, 0.717) is 28.0 Å². The summed E-state index contributed by atoms with van der Waals surface area (Å²) in [6.45, 7) is 1.86. The smallest absolute Gasteiger partial charge is 0.274 e. The molecule has 0 aliphatic heterocycles. The lowest BCUT2D eigenvalue weighted by atomic mass is 10.2. The number of ether oxygens (including phenoxy) is 1. The Morgan fingerprint density at radius 1 is 1.33 bits per heavy atom.